The molecule has 7 nitrogen and oxygen atoms in total. The second kappa shape index (κ2) is 9.82. The molecule has 1 aromatic heterocycles. The van der Waals surface area contributed by atoms with Crippen molar-refractivity contribution in [2.24, 2.45) is 0 Å². The van der Waals surface area contributed by atoms with Gasteiger partial charge in [0.25, 0.3) is 5.91 Å². The predicted octanol–water partition coefficient (Wildman–Crippen LogP) is 4.86. The maximum Gasteiger partial charge on any atom is 0.257 e. The van der Waals surface area contributed by atoms with E-state index in [1.54, 1.807) is 31.4 Å². The van der Waals surface area contributed by atoms with Gasteiger partial charge in [-0.3, -0.25) is 14.9 Å². The molecule has 166 valence electrons. The van der Waals surface area contributed by atoms with Crippen molar-refractivity contribution in [2.45, 2.75) is 32.1 Å². The lowest BCUT2D eigenvalue weighted by Crippen LogP contribution is -2.24. The van der Waals surface area contributed by atoms with Gasteiger partial charge in [0.15, 0.2) is 5.13 Å². The number of thiazole rings is 1. The molecule has 32 heavy (non-hydrogen) atoms. The summed E-state index contributed by atoms with van der Waals surface area (Å²) in [5.41, 5.74) is 1.99. The monoisotopic (exact) mass is 451 g/mol. The van der Waals surface area contributed by atoms with Crippen LogP contribution in [0.15, 0.2) is 48.5 Å². The number of fused-ring (bicyclic) bond motifs is 1. The van der Waals surface area contributed by atoms with Crippen molar-refractivity contribution in [3.8, 4) is 11.5 Å². The smallest absolute Gasteiger partial charge is 0.257 e. The standard InChI is InChI=1S/C24H25N3O4S/c1-3-31-18-13-9-16(10-14-18)25-23(29)19-5-4-6-20-21(19)26-24(32-20)27-22(28)15-7-11-17(30-2)12-8-15/h7-14,19H,3-6H2,1-2H3,(H,25,29)(H,26,27,28). The molecule has 0 spiro atoms. The number of carbonyl (C=O) groups excluding carboxylic acids is 2. The molecule has 4 rings (SSSR count). The molecule has 0 bridgehead atoms. The number of carbonyl (C=O) groups is 2. The number of ether oxygens (including phenoxy) is 2. The summed E-state index contributed by atoms with van der Waals surface area (Å²) >= 11 is 1.44. The summed E-state index contributed by atoms with van der Waals surface area (Å²) in [5.74, 6) is 0.783. The van der Waals surface area contributed by atoms with E-state index in [1.807, 2.05) is 31.2 Å². The van der Waals surface area contributed by atoms with Crippen LogP contribution in [-0.4, -0.2) is 30.5 Å². The van der Waals surface area contributed by atoms with Gasteiger partial charge in [-0.2, -0.15) is 0 Å². The fourth-order valence-electron chi connectivity index (χ4n) is 3.67. The molecule has 0 radical (unpaired) electrons. The molecule has 3 aromatic rings. The number of methoxy groups -OCH3 is 1. The summed E-state index contributed by atoms with van der Waals surface area (Å²) in [5, 5.41) is 6.35. The van der Waals surface area contributed by atoms with Crippen molar-refractivity contribution in [3.05, 3.63) is 64.7 Å². The molecule has 0 fully saturated rings. The van der Waals surface area contributed by atoms with Gasteiger partial charge >= 0.3 is 0 Å². The molecular formula is C24H25N3O4S. The lowest BCUT2D eigenvalue weighted by molar-refractivity contribution is -0.117. The average Bonchev–Trinajstić information content (AvgIpc) is 3.23. The molecule has 2 N–H and O–H groups in total. The zero-order valence-corrected chi connectivity index (χ0v) is 18.8. The van der Waals surface area contributed by atoms with E-state index < -0.39 is 0 Å². The van der Waals surface area contributed by atoms with E-state index in [2.05, 4.69) is 15.6 Å². The molecule has 2 amide bonds. The van der Waals surface area contributed by atoms with Crippen LogP contribution in [-0.2, 0) is 11.2 Å². The molecule has 1 aliphatic rings. The van der Waals surface area contributed by atoms with Crippen LogP contribution >= 0.6 is 11.3 Å². The Labute approximate surface area is 190 Å². The van der Waals surface area contributed by atoms with E-state index in [4.69, 9.17) is 9.47 Å². The van der Waals surface area contributed by atoms with E-state index in [0.29, 0.717) is 28.7 Å². The quantitative estimate of drug-likeness (QED) is 0.535. The zero-order chi connectivity index (χ0) is 22.5. The van der Waals surface area contributed by atoms with E-state index >= 15 is 0 Å². The number of rotatable bonds is 7. The first-order valence-corrected chi connectivity index (χ1v) is 11.4. The maximum absolute atomic E-state index is 13.0. The number of nitrogens with zero attached hydrogens (tertiary/aromatic N) is 1. The lowest BCUT2D eigenvalue weighted by atomic mass is 9.90. The summed E-state index contributed by atoms with van der Waals surface area (Å²) in [7, 11) is 1.58. The van der Waals surface area contributed by atoms with Gasteiger partial charge in [0.1, 0.15) is 11.5 Å². The zero-order valence-electron chi connectivity index (χ0n) is 18.0. The third-order valence-corrected chi connectivity index (χ3v) is 6.32. The molecule has 0 aliphatic heterocycles. The van der Waals surface area contributed by atoms with E-state index in [0.717, 1.165) is 35.6 Å². The van der Waals surface area contributed by atoms with Crippen molar-refractivity contribution < 1.29 is 19.1 Å². The van der Waals surface area contributed by atoms with Gasteiger partial charge in [-0.1, -0.05) is 0 Å². The Morgan fingerprint density at radius 2 is 1.78 bits per heavy atom. The lowest BCUT2D eigenvalue weighted by Gasteiger charge is -2.20. The first-order chi connectivity index (χ1) is 15.6. The number of nitrogens with one attached hydrogen (secondary N) is 2. The minimum Gasteiger partial charge on any atom is -0.497 e. The van der Waals surface area contributed by atoms with Gasteiger partial charge in [-0.05, 0) is 74.7 Å². The second-order valence-corrected chi connectivity index (χ2v) is 8.49. The highest BCUT2D eigenvalue weighted by Gasteiger charge is 2.30. The number of aromatic nitrogens is 1. The summed E-state index contributed by atoms with van der Waals surface area (Å²) in [6.45, 7) is 2.52. The molecule has 2 aromatic carbocycles. The number of anilines is 2. The minimum absolute atomic E-state index is 0.0894. The minimum atomic E-state index is -0.340. The molecule has 1 unspecified atom stereocenters. The van der Waals surface area contributed by atoms with Gasteiger partial charge in [-0.15, -0.1) is 11.3 Å². The number of amides is 2. The summed E-state index contributed by atoms with van der Waals surface area (Å²) in [4.78, 5) is 31.2. The Balaban J connectivity index is 1.45. The number of hydrogen-bond acceptors (Lipinski definition) is 6. The van der Waals surface area contributed by atoms with Crippen molar-refractivity contribution >= 4 is 34.0 Å². The Morgan fingerprint density at radius 3 is 2.47 bits per heavy atom. The highest BCUT2D eigenvalue weighted by atomic mass is 32.1. The van der Waals surface area contributed by atoms with E-state index in [-0.39, 0.29) is 17.7 Å². The first-order valence-electron chi connectivity index (χ1n) is 10.6. The number of hydrogen-bond donors (Lipinski definition) is 2. The van der Waals surface area contributed by atoms with Crippen LogP contribution in [0, 0.1) is 0 Å². The highest BCUT2D eigenvalue weighted by Crippen LogP contribution is 2.37. The van der Waals surface area contributed by atoms with Gasteiger partial charge in [0.05, 0.1) is 25.3 Å². The third-order valence-electron chi connectivity index (χ3n) is 5.28. The Hall–Kier alpha value is -3.39. The van der Waals surface area contributed by atoms with Crippen molar-refractivity contribution in [2.75, 3.05) is 24.4 Å². The molecular weight excluding hydrogens is 426 g/mol. The molecule has 1 aliphatic carbocycles. The molecule has 0 saturated heterocycles. The average molecular weight is 452 g/mol. The largest absolute Gasteiger partial charge is 0.497 e. The van der Waals surface area contributed by atoms with Crippen molar-refractivity contribution in [3.63, 3.8) is 0 Å². The van der Waals surface area contributed by atoms with Crippen LogP contribution in [0.1, 0.15) is 46.6 Å². The van der Waals surface area contributed by atoms with Crippen LogP contribution < -0.4 is 20.1 Å². The number of aryl methyl sites for hydroxylation is 1. The summed E-state index contributed by atoms with van der Waals surface area (Å²) in [6.07, 6.45) is 2.49. The SMILES string of the molecule is CCOc1ccc(NC(=O)C2CCCc3sc(NC(=O)c4ccc(OC)cc4)nc32)cc1. The maximum atomic E-state index is 13.0. The Bertz CT molecular complexity index is 1090. The van der Waals surface area contributed by atoms with Gasteiger partial charge in [0.2, 0.25) is 5.91 Å². The number of benzene rings is 2. The first kappa shape index (κ1) is 21.8. The highest BCUT2D eigenvalue weighted by molar-refractivity contribution is 7.16. The van der Waals surface area contributed by atoms with Crippen molar-refractivity contribution in [1.82, 2.24) is 4.98 Å². The normalized spacial score (nSPS) is 14.9. The molecule has 1 heterocycles. The topological polar surface area (TPSA) is 89.6 Å². The van der Waals surface area contributed by atoms with Crippen LogP contribution in [0.2, 0.25) is 0 Å². The fourth-order valence-corrected chi connectivity index (χ4v) is 4.73. The van der Waals surface area contributed by atoms with Crippen molar-refractivity contribution in [1.29, 1.82) is 0 Å². The van der Waals surface area contributed by atoms with E-state index in [9.17, 15) is 9.59 Å². The van der Waals surface area contributed by atoms with Crippen LogP contribution in [0.25, 0.3) is 0 Å². The predicted molar refractivity (Wildman–Crippen MR) is 125 cm³/mol. The van der Waals surface area contributed by atoms with Gasteiger partial charge in [0, 0.05) is 16.1 Å². The van der Waals surface area contributed by atoms with Crippen LogP contribution in [0.4, 0.5) is 10.8 Å². The fraction of sp³-hybridized carbons (Fsp3) is 0.292. The summed E-state index contributed by atoms with van der Waals surface area (Å²) < 4.78 is 10.6. The van der Waals surface area contributed by atoms with Crippen LogP contribution in [0.3, 0.4) is 0 Å². The molecule has 8 heteroatoms. The third kappa shape index (κ3) is 4.91. The van der Waals surface area contributed by atoms with Gasteiger partial charge in [-0.25, -0.2) is 4.98 Å². The Kier molecular flexibility index (Phi) is 6.70. The summed E-state index contributed by atoms with van der Waals surface area (Å²) in [6, 6.07) is 14.2. The Morgan fingerprint density at radius 1 is 1.06 bits per heavy atom. The molecule has 1 atom stereocenters. The molecule has 0 saturated carbocycles. The second-order valence-electron chi connectivity index (χ2n) is 7.40. The van der Waals surface area contributed by atoms with Crippen LogP contribution in [0.5, 0.6) is 11.5 Å². The van der Waals surface area contributed by atoms with Gasteiger partial charge < -0.3 is 14.8 Å². The van der Waals surface area contributed by atoms with E-state index in [1.165, 1.54) is 11.3 Å².